The van der Waals surface area contributed by atoms with Crippen LogP contribution in [0.3, 0.4) is 0 Å². The molecule has 0 radical (unpaired) electrons. The number of carbonyl (C=O) groups excluding carboxylic acids is 1. The Hall–Kier alpha value is -1.47. The molecule has 2 heterocycles. The fourth-order valence-electron chi connectivity index (χ4n) is 2.07. The number of nitrogens with zero attached hydrogens (tertiary/aromatic N) is 1. The predicted octanol–water partition coefficient (Wildman–Crippen LogP) is 1.19. The molecule has 21 heavy (non-hydrogen) atoms. The minimum absolute atomic E-state index is 0.140. The van der Waals surface area contributed by atoms with E-state index >= 15 is 0 Å². The number of aromatic nitrogens is 1. The summed E-state index contributed by atoms with van der Waals surface area (Å²) in [6.45, 7) is 9.06. The van der Waals surface area contributed by atoms with Gasteiger partial charge in [-0.15, -0.1) is 0 Å². The van der Waals surface area contributed by atoms with Crippen molar-refractivity contribution in [2.24, 2.45) is 0 Å². The van der Waals surface area contributed by atoms with Crippen LogP contribution >= 0.6 is 0 Å². The van der Waals surface area contributed by atoms with E-state index in [-0.39, 0.29) is 22.8 Å². The molecule has 1 aromatic rings. The molecular formula is C14H20BFN2O3. The molecule has 1 aromatic heterocycles. The highest BCUT2D eigenvalue weighted by Crippen LogP contribution is 2.36. The largest absolute Gasteiger partial charge is 0.498 e. The number of rotatable bonds is 2. The van der Waals surface area contributed by atoms with Crippen molar-refractivity contribution in [1.29, 1.82) is 0 Å². The Kier molecular flexibility index (Phi) is 3.84. The normalized spacial score (nSPS) is 19.7. The number of halogens is 1. The van der Waals surface area contributed by atoms with Crippen molar-refractivity contribution >= 4 is 18.5 Å². The van der Waals surface area contributed by atoms with Gasteiger partial charge in [-0.2, -0.15) is 0 Å². The molecular weight excluding hydrogens is 274 g/mol. The third kappa shape index (κ3) is 2.67. The maximum absolute atomic E-state index is 14.4. The summed E-state index contributed by atoms with van der Waals surface area (Å²) in [4.78, 5) is 15.7. The maximum atomic E-state index is 14.4. The summed E-state index contributed by atoms with van der Waals surface area (Å²) in [5.74, 6) is -0.892. The predicted molar refractivity (Wildman–Crippen MR) is 78.0 cm³/mol. The Morgan fingerprint density at radius 3 is 2.29 bits per heavy atom. The molecule has 2 rings (SSSR count). The average molecular weight is 294 g/mol. The number of aryl methyl sites for hydroxylation is 1. The van der Waals surface area contributed by atoms with Crippen LogP contribution in [0.2, 0.25) is 0 Å². The molecule has 0 unspecified atom stereocenters. The van der Waals surface area contributed by atoms with Crippen LogP contribution in [-0.4, -0.2) is 36.3 Å². The second-order valence-electron chi connectivity index (χ2n) is 6.16. The first-order valence-corrected chi connectivity index (χ1v) is 6.84. The van der Waals surface area contributed by atoms with E-state index in [4.69, 9.17) is 9.31 Å². The van der Waals surface area contributed by atoms with Crippen molar-refractivity contribution in [1.82, 2.24) is 10.3 Å². The lowest BCUT2D eigenvalue weighted by Gasteiger charge is -2.32. The number of amides is 1. The van der Waals surface area contributed by atoms with Gasteiger partial charge in [-0.05, 0) is 40.7 Å². The van der Waals surface area contributed by atoms with Gasteiger partial charge in [0.25, 0.3) is 5.91 Å². The monoisotopic (exact) mass is 294 g/mol. The van der Waals surface area contributed by atoms with Crippen molar-refractivity contribution in [3.63, 3.8) is 0 Å². The lowest BCUT2D eigenvalue weighted by Crippen LogP contribution is -2.41. The van der Waals surface area contributed by atoms with Crippen LogP contribution in [0.5, 0.6) is 0 Å². The van der Waals surface area contributed by atoms with E-state index in [1.807, 2.05) is 27.7 Å². The number of hydrogen-bond acceptors (Lipinski definition) is 4. The van der Waals surface area contributed by atoms with E-state index in [2.05, 4.69) is 10.3 Å². The highest BCUT2D eigenvalue weighted by atomic mass is 19.1. The van der Waals surface area contributed by atoms with Gasteiger partial charge in [0, 0.05) is 12.5 Å². The third-order valence-electron chi connectivity index (χ3n) is 4.12. The molecule has 0 aliphatic carbocycles. The van der Waals surface area contributed by atoms with Gasteiger partial charge in [-0.1, -0.05) is 0 Å². The Bertz CT molecular complexity index is 574. The first-order chi connectivity index (χ1) is 9.59. The lowest BCUT2D eigenvalue weighted by molar-refractivity contribution is 0.00578. The topological polar surface area (TPSA) is 60.5 Å². The number of pyridine rings is 1. The van der Waals surface area contributed by atoms with Crippen molar-refractivity contribution in [2.75, 3.05) is 7.05 Å². The Morgan fingerprint density at radius 1 is 1.29 bits per heavy atom. The van der Waals surface area contributed by atoms with Crippen molar-refractivity contribution in [3.05, 3.63) is 23.3 Å². The molecule has 5 nitrogen and oxygen atoms in total. The molecule has 1 fully saturated rings. The summed E-state index contributed by atoms with van der Waals surface area (Å²) in [7, 11) is 0.636. The minimum Gasteiger partial charge on any atom is -0.399 e. The summed E-state index contributed by atoms with van der Waals surface area (Å²) in [6, 6.07) is 1.38. The molecule has 1 aliphatic rings. The first-order valence-electron chi connectivity index (χ1n) is 6.84. The van der Waals surface area contributed by atoms with Gasteiger partial charge in [0.15, 0.2) is 0 Å². The Balaban J connectivity index is 2.46. The van der Waals surface area contributed by atoms with Crippen LogP contribution in [0.15, 0.2) is 6.07 Å². The van der Waals surface area contributed by atoms with Gasteiger partial charge in [0.05, 0.1) is 16.9 Å². The SMILES string of the molecule is CNC(=O)c1cc(B2OC(C)(C)C(C)(C)O2)c(F)c(C)n1. The summed E-state index contributed by atoms with van der Waals surface area (Å²) in [6.07, 6.45) is 0. The van der Waals surface area contributed by atoms with Gasteiger partial charge < -0.3 is 14.6 Å². The van der Waals surface area contributed by atoms with Gasteiger partial charge in [0.2, 0.25) is 0 Å². The van der Waals surface area contributed by atoms with E-state index in [0.717, 1.165) is 0 Å². The Labute approximate surface area is 124 Å². The zero-order chi connectivity index (χ0) is 16.0. The van der Waals surface area contributed by atoms with Gasteiger partial charge in [-0.25, -0.2) is 9.37 Å². The van der Waals surface area contributed by atoms with Crippen LogP contribution in [-0.2, 0) is 9.31 Å². The second-order valence-corrected chi connectivity index (χ2v) is 6.16. The molecule has 1 saturated heterocycles. The lowest BCUT2D eigenvalue weighted by atomic mass is 9.78. The number of carbonyl (C=O) groups is 1. The van der Waals surface area contributed by atoms with E-state index in [9.17, 15) is 9.18 Å². The van der Waals surface area contributed by atoms with Crippen LogP contribution in [0.4, 0.5) is 4.39 Å². The minimum atomic E-state index is -0.861. The highest BCUT2D eigenvalue weighted by molar-refractivity contribution is 6.62. The summed E-state index contributed by atoms with van der Waals surface area (Å²) < 4.78 is 26.0. The molecule has 0 bridgehead atoms. The van der Waals surface area contributed by atoms with E-state index in [1.54, 1.807) is 0 Å². The van der Waals surface area contributed by atoms with E-state index in [1.165, 1.54) is 20.0 Å². The van der Waals surface area contributed by atoms with Crippen LogP contribution in [0, 0.1) is 12.7 Å². The quantitative estimate of drug-likeness (QED) is 0.832. The fourth-order valence-corrected chi connectivity index (χ4v) is 2.07. The van der Waals surface area contributed by atoms with Crippen LogP contribution in [0.1, 0.15) is 43.9 Å². The van der Waals surface area contributed by atoms with Crippen LogP contribution in [0.25, 0.3) is 0 Å². The van der Waals surface area contributed by atoms with Crippen LogP contribution < -0.4 is 10.8 Å². The zero-order valence-corrected chi connectivity index (χ0v) is 13.2. The second kappa shape index (κ2) is 5.07. The molecule has 0 spiro atoms. The van der Waals surface area contributed by atoms with Gasteiger partial charge >= 0.3 is 7.12 Å². The summed E-state index contributed by atoms with van der Waals surface area (Å²) >= 11 is 0. The smallest absolute Gasteiger partial charge is 0.399 e. The first kappa shape index (κ1) is 15.9. The van der Waals surface area contributed by atoms with Gasteiger partial charge in [0.1, 0.15) is 11.5 Å². The zero-order valence-electron chi connectivity index (χ0n) is 13.2. The molecule has 114 valence electrons. The highest BCUT2D eigenvalue weighted by Gasteiger charge is 2.52. The van der Waals surface area contributed by atoms with E-state index in [0.29, 0.717) is 0 Å². The summed E-state index contributed by atoms with van der Waals surface area (Å²) in [5, 5.41) is 2.47. The third-order valence-corrected chi connectivity index (χ3v) is 4.12. The summed E-state index contributed by atoms with van der Waals surface area (Å²) in [5.41, 5.74) is -0.676. The van der Waals surface area contributed by atoms with Crippen molar-refractivity contribution in [3.8, 4) is 0 Å². The molecule has 1 amide bonds. The number of nitrogens with one attached hydrogen (secondary N) is 1. The molecule has 0 atom stereocenters. The van der Waals surface area contributed by atoms with Crippen molar-refractivity contribution < 1.29 is 18.5 Å². The maximum Gasteiger partial charge on any atom is 0.498 e. The standard InChI is InChI=1S/C14H20BFN2O3/c1-8-11(16)9(7-10(18-8)12(19)17-6)15-20-13(2,3)14(4,5)21-15/h7H,1-6H3,(H,17,19). The van der Waals surface area contributed by atoms with E-state index < -0.39 is 24.1 Å². The Morgan fingerprint density at radius 2 is 1.81 bits per heavy atom. The number of hydrogen-bond donors (Lipinski definition) is 1. The van der Waals surface area contributed by atoms with Gasteiger partial charge in [-0.3, -0.25) is 4.79 Å². The fraction of sp³-hybridized carbons (Fsp3) is 0.571. The van der Waals surface area contributed by atoms with Crippen molar-refractivity contribution in [2.45, 2.75) is 45.8 Å². The molecule has 0 aromatic carbocycles. The molecule has 1 aliphatic heterocycles. The molecule has 1 N–H and O–H groups in total. The molecule has 7 heteroatoms. The average Bonchev–Trinajstić information content (AvgIpc) is 2.60. The molecule has 0 saturated carbocycles.